The number of nitrogens with one attached hydrogen (secondary N) is 1. The number of amides is 1. The van der Waals surface area contributed by atoms with Gasteiger partial charge in [0.15, 0.2) is 0 Å². The van der Waals surface area contributed by atoms with Gasteiger partial charge in [-0.1, -0.05) is 6.92 Å². The molecule has 0 saturated heterocycles. The molecule has 1 aromatic heterocycles. The zero-order valence-electron chi connectivity index (χ0n) is 8.81. The minimum Gasteiger partial charge on any atom is -0.393 e. The monoisotopic (exact) mass is 208 g/mol. The molecule has 0 aliphatic carbocycles. The molecule has 2 N–H and O–H groups in total. The Bertz CT molecular complexity index is 301. The number of hydrogen-bond acceptors (Lipinski definition) is 3. The summed E-state index contributed by atoms with van der Waals surface area (Å²) in [6.45, 7) is 2.41. The van der Waals surface area contributed by atoms with E-state index in [2.05, 4.69) is 10.3 Å². The lowest BCUT2D eigenvalue weighted by Crippen LogP contribution is -2.26. The molecular formula is C11H16N2O2. The molecule has 0 radical (unpaired) electrons. The van der Waals surface area contributed by atoms with Gasteiger partial charge >= 0.3 is 0 Å². The quantitative estimate of drug-likeness (QED) is 0.758. The van der Waals surface area contributed by atoms with E-state index in [1.54, 1.807) is 24.5 Å². The van der Waals surface area contributed by atoms with Crippen LogP contribution >= 0.6 is 0 Å². The summed E-state index contributed by atoms with van der Waals surface area (Å²) in [5.74, 6) is -0.124. The minimum atomic E-state index is -0.331. The third kappa shape index (κ3) is 4.08. The van der Waals surface area contributed by atoms with Gasteiger partial charge in [0, 0.05) is 24.5 Å². The van der Waals surface area contributed by atoms with Crippen LogP contribution in [0.1, 0.15) is 30.1 Å². The van der Waals surface area contributed by atoms with Crippen LogP contribution in [0.25, 0.3) is 0 Å². The number of carbonyl (C=O) groups excluding carboxylic acids is 1. The van der Waals surface area contributed by atoms with Gasteiger partial charge in [-0.2, -0.15) is 0 Å². The highest BCUT2D eigenvalue weighted by molar-refractivity contribution is 5.93. The zero-order valence-corrected chi connectivity index (χ0v) is 8.81. The van der Waals surface area contributed by atoms with Gasteiger partial charge in [0.25, 0.3) is 5.91 Å². The molecule has 1 rings (SSSR count). The van der Waals surface area contributed by atoms with Gasteiger partial charge in [-0.05, 0) is 25.0 Å². The summed E-state index contributed by atoms with van der Waals surface area (Å²) in [6, 6.07) is 3.32. The molecule has 0 spiro atoms. The summed E-state index contributed by atoms with van der Waals surface area (Å²) >= 11 is 0. The maximum atomic E-state index is 11.5. The number of aliphatic hydroxyl groups excluding tert-OH is 1. The molecule has 1 heterocycles. The standard InChI is InChI=1S/C11H16N2O2/c1-2-10(14)5-8-13-11(15)9-3-6-12-7-4-9/h3-4,6-7,10,14H,2,5,8H2,1H3,(H,13,15). The zero-order chi connectivity index (χ0) is 11.1. The van der Waals surface area contributed by atoms with Crippen LogP contribution in [-0.2, 0) is 0 Å². The highest BCUT2D eigenvalue weighted by atomic mass is 16.3. The molecule has 0 fully saturated rings. The van der Waals surface area contributed by atoms with E-state index in [0.29, 0.717) is 24.9 Å². The molecule has 1 unspecified atom stereocenters. The molecule has 4 heteroatoms. The van der Waals surface area contributed by atoms with E-state index in [4.69, 9.17) is 0 Å². The van der Waals surface area contributed by atoms with Gasteiger partial charge in [-0.3, -0.25) is 9.78 Å². The van der Waals surface area contributed by atoms with Crippen LogP contribution in [0, 0.1) is 0 Å². The highest BCUT2D eigenvalue weighted by Crippen LogP contribution is 1.97. The molecule has 0 aliphatic rings. The van der Waals surface area contributed by atoms with Crippen LogP contribution in [0.3, 0.4) is 0 Å². The van der Waals surface area contributed by atoms with Crippen molar-refractivity contribution in [3.05, 3.63) is 30.1 Å². The number of nitrogens with zero attached hydrogens (tertiary/aromatic N) is 1. The average molecular weight is 208 g/mol. The average Bonchev–Trinajstić information content (AvgIpc) is 2.29. The molecule has 1 aromatic rings. The molecular weight excluding hydrogens is 192 g/mol. The summed E-state index contributed by atoms with van der Waals surface area (Å²) in [5, 5.41) is 12.0. The van der Waals surface area contributed by atoms with E-state index in [1.807, 2.05) is 6.92 Å². The predicted molar refractivity (Wildman–Crippen MR) is 57.5 cm³/mol. The number of aromatic nitrogens is 1. The van der Waals surface area contributed by atoms with Gasteiger partial charge in [0.1, 0.15) is 0 Å². The lowest BCUT2D eigenvalue weighted by Gasteiger charge is -2.08. The molecule has 4 nitrogen and oxygen atoms in total. The minimum absolute atomic E-state index is 0.124. The van der Waals surface area contributed by atoms with Crippen molar-refractivity contribution >= 4 is 5.91 Å². The summed E-state index contributed by atoms with van der Waals surface area (Å²) in [4.78, 5) is 15.3. The Morgan fingerprint density at radius 1 is 1.53 bits per heavy atom. The maximum absolute atomic E-state index is 11.5. The Hall–Kier alpha value is -1.42. The molecule has 1 atom stereocenters. The van der Waals surface area contributed by atoms with E-state index in [0.717, 1.165) is 0 Å². The molecule has 0 saturated carbocycles. The van der Waals surface area contributed by atoms with Crippen molar-refractivity contribution < 1.29 is 9.90 Å². The summed E-state index contributed by atoms with van der Waals surface area (Å²) in [5.41, 5.74) is 0.594. The number of pyridine rings is 1. The van der Waals surface area contributed by atoms with Crippen molar-refractivity contribution in [1.82, 2.24) is 10.3 Å². The molecule has 1 amide bonds. The Labute approximate surface area is 89.3 Å². The summed E-state index contributed by atoms with van der Waals surface area (Å²) < 4.78 is 0. The van der Waals surface area contributed by atoms with Crippen molar-refractivity contribution in [2.75, 3.05) is 6.54 Å². The lowest BCUT2D eigenvalue weighted by atomic mass is 10.2. The maximum Gasteiger partial charge on any atom is 0.251 e. The van der Waals surface area contributed by atoms with Crippen molar-refractivity contribution in [3.8, 4) is 0 Å². The smallest absolute Gasteiger partial charge is 0.251 e. The Balaban J connectivity index is 2.31. The van der Waals surface area contributed by atoms with E-state index in [-0.39, 0.29) is 12.0 Å². The van der Waals surface area contributed by atoms with Crippen molar-refractivity contribution in [2.45, 2.75) is 25.9 Å². The first-order chi connectivity index (χ1) is 7.24. The fraction of sp³-hybridized carbons (Fsp3) is 0.455. The van der Waals surface area contributed by atoms with Gasteiger partial charge < -0.3 is 10.4 Å². The number of carbonyl (C=O) groups is 1. The molecule has 0 aromatic carbocycles. The topological polar surface area (TPSA) is 62.2 Å². The fourth-order valence-electron chi connectivity index (χ4n) is 1.16. The van der Waals surface area contributed by atoms with Crippen LogP contribution in [0.15, 0.2) is 24.5 Å². The summed E-state index contributed by atoms with van der Waals surface area (Å²) in [6.07, 6.45) is 4.13. The Kier molecular flexibility index (Phi) is 4.77. The lowest BCUT2D eigenvalue weighted by molar-refractivity contribution is 0.0942. The normalized spacial score (nSPS) is 12.1. The van der Waals surface area contributed by atoms with Crippen LogP contribution < -0.4 is 5.32 Å². The SMILES string of the molecule is CCC(O)CCNC(=O)c1ccncc1. The molecule has 0 bridgehead atoms. The van der Waals surface area contributed by atoms with Gasteiger partial charge in [0.2, 0.25) is 0 Å². The Morgan fingerprint density at radius 3 is 2.80 bits per heavy atom. The summed E-state index contributed by atoms with van der Waals surface area (Å²) in [7, 11) is 0. The van der Waals surface area contributed by atoms with Crippen LogP contribution in [0.2, 0.25) is 0 Å². The van der Waals surface area contributed by atoms with Crippen molar-refractivity contribution in [2.24, 2.45) is 0 Å². The number of rotatable bonds is 5. The van der Waals surface area contributed by atoms with Crippen molar-refractivity contribution in [3.63, 3.8) is 0 Å². The predicted octanol–water partition coefficient (Wildman–Crippen LogP) is 0.972. The van der Waals surface area contributed by atoms with Gasteiger partial charge in [-0.15, -0.1) is 0 Å². The van der Waals surface area contributed by atoms with E-state index >= 15 is 0 Å². The van der Waals surface area contributed by atoms with E-state index < -0.39 is 0 Å². The first-order valence-corrected chi connectivity index (χ1v) is 5.10. The second-order valence-electron chi connectivity index (χ2n) is 3.34. The first kappa shape index (κ1) is 11.7. The fourth-order valence-corrected chi connectivity index (χ4v) is 1.16. The Morgan fingerprint density at radius 2 is 2.20 bits per heavy atom. The highest BCUT2D eigenvalue weighted by Gasteiger charge is 2.05. The molecule has 0 aliphatic heterocycles. The largest absolute Gasteiger partial charge is 0.393 e. The second kappa shape index (κ2) is 6.14. The van der Waals surface area contributed by atoms with E-state index in [9.17, 15) is 9.90 Å². The van der Waals surface area contributed by atoms with Crippen molar-refractivity contribution in [1.29, 1.82) is 0 Å². The van der Waals surface area contributed by atoms with Crippen LogP contribution in [0.5, 0.6) is 0 Å². The van der Waals surface area contributed by atoms with Crippen LogP contribution in [-0.4, -0.2) is 28.6 Å². The second-order valence-corrected chi connectivity index (χ2v) is 3.34. The molecule has 82 valence electrons. The van der Waals surface area contributed by atoms with E-state index in [1.165, 1.54) is 0 Å². The first-order valence-electron chi connectivity index (χ1n) is 5.10. The number of hydrogen-bond donors (Lipinski definition) is 2. The molecule has 15 heavy (non-hydrogen) atoms. The van der Waals surface area contributed by atoms with Gasteiger partial charge in [-0.25, -0.2) is 0 Å². The number of aliphatic hydroxyl groups is 1. The van der Waals surface area contributed by atoms with Crippen LogP contribution in [0.4, 0.5) is 0 Å². The third-order valence-corrected chi connectivity index (χ3v) is 2.18. The van der Waals surface area contributed by atoms with Gasteiger partial charge in [0.05, 0.1) is 6.10 Å². The third-order valence-electron chi connectivity index (χ3n) is 2.18.